The second-order valence-electron chi connectivity index (χ2n) is 5.93. The van der Waals surface area contributed by atoms with Crippen LogP contribution < -0.4 is 0 Å². The Labute approximate surface area is 141 Å². The first-order valence-electron chi connectivity index (χ1n) is 7.88. The SMILES string of the molecule is C[C@@H]1[C@H](c2ccccc2)OCCS(=O)(=O)N1Cc1ccc(F)cc1. The zero-order chi connectivity index (χ0) is 17.2. The Morgan fingerprint density at radius 2 is 1.79 bits per heavy atom. The van der Waals surface area contributed by atoms with E-state index in [1.807, 2.05) is 37.3 Å². The number of rotatable bonds is 3. The Balaban J connectivity index is 1.92. The molecular weight excluding hydrogens is 329 g/mol. The number of halogens is 1. The van der Waals surface area contributed by atoms with Gasteiger partial charge in [0.1, 0.15) is 5.82 Å². The Hall–Kier alpha value is -1.76. The third-order valence-corrected chi connectivity index (χ3v) is 6.13. The van der Waals surface area contributed by atoms with Gasteiger partial charge in [-0.15, -0.1) is 0 Å². The predicted molar refractivity (Wildman–Crippen MR) is 90.3 cm³/mol. The lowest BCUT2D eigenvalue weighted by Gasteiger charge is -2.30. The molecule has 2 aromatic rings. The van der Waals surface area contributed by atoms with E-state index in [9.17, 15) is 12.8 Å². The van der Waals surface area contributed by atoms with Crippen LogP contribution in [0, 0.1) is 5.82 Å². The number of ether oxygens (including phenoxy) is 1. The van der Waals surface area contributed by atoms with Gasteiger partial charge < -0.3 is 4.74 Å². The number of hydrogen-bond acceptors (Lipinski definition) is 3. The summed E-state index contributed by atoms with van der Waals surface area (Å²) in [6.45, 7) is 2.21. The molecule has 0 bridgehead atoms. The van der Waals surface area contributed by atoms with Crippen LogP contribution in [0.2, 0.25) is 0 Å². The van der Waals surface area contributed by atoms with Gasteiger partial charge >= 0.3 is 0 Å². The third kappa shape index (κ3) is 3.66. The van der Waals surface area contributed by atoms with Crippen LogP contribution in [0.15, 0.2) is 54.6 Å². The van der Waals surface area contributed by atoms with Crippen LogP contribution in [-0.2, 0) is 21.3 Å². The smallest absolute Gasteiger partial charge is 0.217 e. The van der Waals surface area contributed by atoms with E-state index in [-0.39, 0.29) is 36.9 Å². The highest BCUT2D eigenvalue weighted by molar-refractivity contribution is 7.89. The maximum absolute atomic E-state index is 13.1. The molecule has 0 spiro atoms. The molecule has 1 heterocycles. The summed E-state index contributed by atoms with van der Waals surface area (Å²) in [4.78, 5) is 0. The summed E-state index contributed by atoms with van der Waals surface area (Å²) in [5, 5.41) is 0. The van der Waals surface area contributed by atoms with Crippen LogP contribution in [0.25, 0.3) is 0 Å². The van der Waals surface area contributed by atoms with Crippen molar-refractivity contribution in [2.45, 2.75) is 25.6 Å². The third-order valence-electron chi connectivity index (χ3n) is 4.27. The van der Waals surface area contributed by atoms with Gasteiger partial charge in [-0.1, -0.05) is 42.5 Å². The van der Waals surface area contributed by atoms with Gasteiger partial charge in [0, 0.05) is 6.54 Å². The van der Waals surface area contributed by atoms with Crippen molar-refractivity contribution in [3.05, 3.63) is 71.5 Å². The van der Waals surface area contributed by atoms with Gasteiger partial charge in [-0.05, 0) is 30.2 Å². The molecule has 3 rings (SSSR count). The summed E-state index contributed by atoms with van der Waals surface area (Å²) in [7, 11) is -3.44. The van der Waals surface area contributed by atoms with Crippen molar-refractivity contribution in [1.82, 2.24) is 4.31 Å². The van der Waals surface area contributed by atoms with Gasteiger partial charge in [0.25, 0.3) is 0 Å². The van der Waals surface area contributed by atoms with E-state index in [0.717, 1.165) is 11.1 Å². The van der Waals surface area contributed by atoms with E-state index in [0.29, 0.717) is 0 Å². The predicted octanol–water partition coefficient (Wildman–Crippen LogP) is 3.12. The van der Waals surface area contributed by atoms with Gasteiger partial charge in [-0.25, -0.2) is 12.8 Å². The summed E-state index contributed by atoms with van der Waals surface area (Å²) < 4.78 is 45.7. The van der Waals surface area contributed by atoms with E-state index in [1.54, 1.807) is 12.1 Å². The molecule has 1 aliphatic rings. The zero-order valence-corrected chi connectivity index (χ0v) is 14.2. The highest BCUT2D eigenvalue weighted by atomic mass is 32.2. The monoisotopic (exact) mass is 349 g/mol. The van der Waals surface area contributed by atoms with Crippen LogP contribution >= 0.6 is 0 Å². The van der Waals surface area contributed by atoms with Crippen molar-refractivity contribution >= 4 is 10.0 Å². The topological polar surface area (TPSA) is 46.6 Å². The van der Waals surface area contributed by atoms with Gasteiger partial charge in [0.15, 0.2) is 0 Å². The molecule has 2 atom stereocenters. The average Bonchev–Trinajstić information content (AvgIpc) is 2.68. The molecule has 0 radical (unpaired) electrons. The lowest BCUT2D eigenvalue weighted by molar-refractivity contribution is 0.0269. The van der Waals surface area contributed by atoms with Crippen molar-refractivity contribution in [3.8, 4) is 0 Å². The molecule has 1 aliphatic heterocycles. The summed E-state index contributed by atoms with van der Waals surface area (Å²) in [5.41, 5.74) is 1.70. The normalized spacial score (nSPS) is 24.4. The Morgan fingerprint density at radius 1 is 1.12 bits per heavy atom. The summed E-state index contributed by atoms with van der Waals surface area (Å²) in [6.07, 6.45) is -0.330. The first-order chi connectivity index (χ1) is 11.5. The second kappa shape index (κ2) is 7.01. The van der Waals surface area contributed by atoms with Crippen molar-refractivity contribution in [1.29, 1.82) is 0 Å². The molecule has 0 aromatic heterocycles. The van der Waals surface area contributed by atoms with Crippen molar-refractivity contribution in [2.75, 3.05) is 12.4 Å². The van der Waals surface area contributed by atoms with Gasteiger partial charge in [0.05, 0.1) is 24.5 Å². The highest BCUT2D eigenvalue weighted by Crippen LogP contribution is 2.30. The zero-order valence-electron chi connectivity index (χ0n) is 13.4. The van der Waals surface area contributed by atoms with Crippen LogP contribution in [0.3, 0.4) is 0 Å². The van der Waals surface area contributed by atoms with Crippen LogP contribution in [0.5, 0.6) is 0 Å². The first-order valence-corrected chi connectivity index (χ1v) is 9.49. The lowest BCUT2D eigenvalue weighted by Crippen LogP contribution is -2.40. The van der Waals surface area contributed by atoms with Gasteiger partial charge in [0.2, 0.25) is 10.0 Å². The van der Waals surface area contributed by atoms with Crippen molar-refractivity contribution in [3.63, 3.8) is 0 Å². The molecule has 0 amide bonds. The minimum absolute atomic E-state index is 0.0537. The molecule has 0 N–H and O–H groups in total. The molecule has 2 aromatic carbocycles. The standard InChI is InChI=1S/C18H20FNO3S/c1-14-18(16-5-3-2-4-6-16)23-11-12-24(21,22)20(14)13-15-7-9-17(19)10-8-15/h2-10,14,18H,11-13H2,1H3/t14-,18-/m1/s1. The fraction of sp³-hybridized carbons (Fsp3) is 0.333. The summed E-state index contributed by atoms with van der Waals surface area (Å²) in [5.74, 6) is -0.391. The van der Waals surface area contributed by atoms with E-state index in [1.165, 1.54) is 16.4 Å². The molecule has 6 heteroatoms. The molecule has 0 saturated carbocycles. The average molecular weight is 349 g/mol. The number of benzene rings is 2. The molecule has 0 aliphatic carbocycles. The number of hydrogen-bond donors (Lipinski definition) is 0. The minimum Gasteiger partial charge on any atom is -0.371 e. The van der Waals surface area contributed by atoms with E-state index in [2.05, 4.69) is 0 Å². The molecule has 0 unspecified atom stereocenters. The quantitative estimate of drug-likeness (QED) is 0.855. The first kappa shape index (κ1) is 17.1. The molecular formula is C18H20FNO3S. The van der Waals surface area contributed by atoms with Gasteiger partial charge in [-0.2, -0.15) is 4.31 Å². The van der Waals surface area contributed by atoms with E-state index < -0.39 is 10.0 Å². The second-order valence-corrected chi connectivity index (χ2v) is 7.97. The molecule has 1 saturated heterocycles. The van der Waals surface area contributed by atoms with Crippen molar-refractivity contribution in [2.24, 2.45) is 0 Å². The van der Waals surface area contributed by atoms with Crippen LogP contribution in [0.1, 0.15) is 24.2 Å². The molecule has 24 heavy (non-hydrogen) atoms. The highest BCUT2D eigenvalue weighted by Gasteiger charge is 2.36. The molecule has 1 fully saturated rings. The van der Waals surface area contributed by atoms with Crippen molar-refractivity contribution < 1.29 is 17.5 Å². The van der Waals surface area contributed by atoms with Gasteiger partial charge in [-0.3, -0.25) is 0 Å². The Morgan fingerprint density at radius 3 is 2.46 bits per heavy atom. The summed E-state index contributed by atoms with van der Waals surface area (Å²) >= 11 is 0. The number of nitrogens with zero attached hydrogens (tertiary/aromatic N) is 1. The maximum atomic E-state index is 13.1. The molecule has 4 nitrogen and oxygen atoms in total. The summed E-state index contributed by atoms with van der Waals surface area (Å²) in [6, 6.07) is 15.2. The largest absolute Gasteiger partial charge is 0.371 e. The van der Waals surface area contributed by atoms with E-state index >= 15 is 0 Å². The fourth-order valence-corrected chi connectivity index (χ4v) is 4.48. The Kier molecular flexibility index (Phi) is 4.99. The van der Waals surface area contributed by atoms with Crippen LogP contribution in [0.4, 0.5) is 4.39 Å². The molecule has 128 valence electrons. The maximum Gasteiger partial charge on any atom is 0.217 e. The Bertz CT molecular complexity index is 778. The van der Waals surface area contributed by atoms with Crippen LogP contribution in [-0.4, -0.2) is 31.1 Å². The van der Waals surface area contributed by atoms with E-state index in [4.69, 9.17) is 4.74 Å². The lowest BCUT2D eigenvalue weighted by atomic mass is 10.0. The fourth-order valence-electron chi connectivity index (χ4n) is 2.97. The number of sulfonamides is 1. The minimum atomic E-state index is -3.44.